The summed E-state index contributed by atoms with van der Waals surface area (Å²) in [4.78, 5) is 0. The normalized spacial score (nSPS) is 9.67. The van der Waals surface area contributed by atoms with Crippen LogP contribution in [-0.2, 0) is 15.3 Å². The molecule has 0 saturated carbocycles. The van der Waals surface area contributed by atoms with Crippen molar-refractivity contribution in [1.82, 2.24) is 0 Å². The second-order valence-corrected chi connectivity index (χ2v) is 4.65. The topological polar surface area (TPSA) is 149 Å². The summed E-state index contributed by atoms with van der Waals surface area (Å²) in [6, 6.07) is 0. The van der Waals surface area contributed by atoms with Crippen molar-refractivity contribution in [3.8, 4) is 0 Å². The summed E-state index contributed by atoms with van der Waals surface area (Å²) in [7, 11) is 0. The van der Waals surface area contributed by atoms with Crippen LogP contribution < -0.4 is 59.1 Å². The molecular weight excluding hydrogens is 332 g/mol. The van der Waals surface area contributed by atoms with E-state index in [1.807, 2.05) is 0 Å². The molecule has 0 aliphatic heterocycles. The minimum absolute atomic E-state index is 0. The van der Waals surface area contributed by atoms with Gasteiger partial charge < -0.3 is 2.85 Å². The maximum Gasteiger partial charge on any atom is 1.00 e. The van der Waals surface area contributed by atoms with Gasteiger partial charge in [0.15, 0.2) is 0 Å². The molecule has 0 aliphatic carbocycles. The Hall–Kier alpha value is 2.08. The number of rotatable bonds is 0. The van der Waals surface area contributed by atoms with Crippen molar-refractivity contribution in [2.75, 3.05) is 0 Å². The SMILES string of the molecule is O=[Se](=O)(O)O.O=[Se](=O)(O)O.[H-].[H-].[Na+].[Na+]. The summed E-state index contributed by atoms with van der Waals surface area (Å²) in [6.45, 7) is 0. The van der Waals surface area contributed by atoms with Crippen LogP contribution in [0.2, 0.25) is 0 Å². The van der Waals surface area contributed by atoms with E-state index in [1.54, 1.807) is 0 Å². The molecule has 0 bridgehead atoms. The Kier molecular flexibility index (Phi) is 19.0. The van der Waals surface area contributed by atoms with Crippen LogP contribution in [-0.4, -0.2) is 43.5 Å². The van der Waals surface area contributed by atoms with E-state index in [-0.39, 0.29) is 62.0 Å². The predicted octanol–water partition coefficient (Wildman–Crippen LogP) is -9.23. The number of hydrogen-bond acceptors (Lipinski definition) is 4. The summed E-state index contributed by atoms with van der Waals surface area (Å²) >= 11 is -10.5. The first-order valence-electron chi connectivity index (χ1n) is 1.40. The first-order valence-corrected chi connectivity index (χ1v) is 7.26. The van der Waals surface area contributed by atoms with Gasteiger partial charge in [-0.15, -0.1) is 0 Å². The van der Waals surface area contributed by atoms with E-state index in [0.29, 0.717) is 0 Å². The first kappa shape index (κ1) is 23.7. The van der Waals surface area contributed by atoms with Gasteiger partial charge >= 0.3 is 118 Å². The minimum atomic E-state index is -5.25. The van der Waals surface area contributed by atoms with Crippen LogP contribution in [0.3, 0.4) is 0 Å². The van der Waals surface area contributed by atoms with Gasteiger partial charge in [-0.3, -0.25) is 0 Å². The molecule has 0 unspecified atom stereocenters. The second-order valence-electron chi connectivity index (χ2n) is 0.896. The average Bonchev–Trinajstić information content (AvgIpc) is 1.12. The van der Waals surface area contributed by atoms with Gasteiger partial charge in [0.25, 0.3) is 0 Å². The molecule has 0 heterocycles. The van der Waals surface area contributed by atoms with Crippen LogP contribution in [0, 0.1) is 0 Å². The molecule has 0 saturated heterocycles. The standard InChI is InChI=1S/2Na.2H2O4Se.2H/c;;2*1-5(2,3)4;;/h;;2*(H2,1,2,3,4);;/q2*+1;;;2*-1. The Morgan fingerprint density at radius 3 is 0.667 bits per heavy atom. The van der Waals surface area contributed by atoms with Crippen molar-refractivity contribution >= 4 is 26.7 Å². The van der Waals surface area contributed by atoms with Crippen LogP contribution >= 0.6 is 0 Å². The summed E-state index contributed by atoms with van der Waals surface area (Å²) in [5.74, 6) is 0. The average molecular weight is 338 g/mol. The van der Waals surface area contributed by atoms with Crippen LogP contribution in [0.1, 0.15) is 2.85 Å². The second kappa shape index (κ2) is 9.63. The smallest absolute Gasteiger partial charge is 1.00 e. The molecule has 12 heteroatoms. The summed E-state index contributed by atoms with van der Waals surface area (Å²) in [6.07, 6.45) is 0. The maximum absolute atomic E-state index is 8.82. The Balaban J connectivity index is -0.0000000178. The van der Waals surface area contributed by atoms with Crippen LogP contribution in [0.4, 0.5) is 0 Å². The molecule has 0 amide bonds. The van der Waals surface area contributed by atoms with Crippen molar-refractivity contribution in [2.45, 2.75) is 0 Å². The third-order valence-corrected chi connectivity index (χ3v) is 0. The summed E-state index contributed by atoms with van der Waals surface area (Å²) in [5, 5.41) is 0. The van der Waals surface area contributed by atoms with Crippen molar-refractivity contribution in [3.63, 3.8) is 0 Å². The van der Waals surface area contributed by atoms with Crippen molar-refractivity contribution < 1.29 is 94.1 Å². The zero-order chi connectivity index (χ0) is 9.00. The molecule has 0 aromatic carbocycles. The predicted molar refractivity (Wildman–Crippen MR) is 25.4 cm³/mol. The fourth-order valence-electron chi connectivity index (χ4n) is 0. The van der Waals surface area contributed by atoms with Gasteiger partial charge in [0, 0.05) is 0 Å². The fraction of sp³-hybridized carbons (Fsp3) is 0. The molecule has 8 nitrogen and oxygen atoms in total. The van der Waals surface area contributed by atoms with Gasteiger partial charge in [-0.1, -0.05) is 0 Å². The molecular formula is H6Na2O8Se2. The molecule has 0 atom stereocenters. The third-order valence-electron chi connectivity index (χ3n) is 0. The van der Waals surface area contributed by atoms with E-state index >= 15 is 0 Å². The largest absolute Gasteiger partial charge is 1.00 e. The van der Waals surface area contributed by atoms with Crippen LogP contribution in [0.15, 0.2) is 0 Å². The molecule has 0 aromatic rings. The zero-order valence-electron chi connectivity index (χ0n) is 8.24. The minimum Gasteiger partial charge on any atom is -1.00 e. The van der Waals surface area contributed by atoms with E-state index in [1.165, 1.54) is 0 Å². The summed E-state index contributed by atoms with van der Waals surface area (Å²) < 4.78 is 63.8. The van der Waals surface area contributed by atoms with Crippen molar-refractivity contribution in [1.29, 1.82) is 0 Å². The third kappa shape index (κ3) is 343. The zero-order valence-corrected chi connectivity index (χ0v) is 13.7. The Labute approximate surface area is 119 Å². The molecule has 0 radical (unpaired) electrons. The first-order chi connectivity index (χ1) is 4.00. The molecule has 0 spiro atoms. The van der Waals surface area contributed by atoms with Crippen LogP contribution in [0.5, 0.6) is 0 Å². The van der Waals surface area contributed by atoms with Crippen LogP contribution in [0.25, 0.3) is 0 Å². The van der Waals surface area contributed by atoms with E-state index < -0.39 is 26.7 Å². The van der Waals surface area contributed by atoms with E-state index in [9.17, 15) is 0 Å². The Morgan fingerprint density at radius 2 is 0.667 bits per heavy atom. The summed E-state index contributed by atoms with van der Waals surface area (Å²) in [5.41, 5.74) is 0. The molecule has 0 aromatic heterocycles. The Bertz CT molecular complexity index is 220. The van der Waals surface area contributed by atoms with Crippen molar-refractivity contribution in [3.05, 3.63) is 0 Å². The molecule has 12 heavy (non-hydrogen) atoms. The van der Waals surface area contributed by atoms with Gasteiger partial charge in [0.2, 0.25) is 0 Å². The van der Waals surface area contributed by atoms with Gasteiger partial charge in [0.1, 0.15) is 0 Å². The van der Waals surface area contributed by atoms with Gasteiger partial charge in [-0.05, 0) is 0 Å². The van der Waals surface area contributed by atoms with E-state index in [0.717, 1.165) is 0 Å². The number of hydrogen-bond donors (Lipinski definition) is 4. The quantitative estimate of drug-likeness (QED) is 0.318. The molecule has 68 valence electrons. The van der Waals surface area contributed by atoms with Crippen molar-refractivity contribution in [2.24, 2.45) is 0 Å². The molecule has 0 fully saturated rings. The Morgan fingerprint density at radius 1 is 0.667 bits per heavy atom. The van der Waals surface area contributed by atoms with E-state index in [2.05, 4.69) is 0 Å². The van der Waals surface area contributed by atoms with Gasteiger partial charge in [-0.2, -0.15) is 0 Å². The monoisotopic (exact) mass is 340 g/mol. The molecule has 4 N–H and O–H groups in total. The molecule has 0 rings (SSSR count). The van der Waals surface area contributed by atoms with Gasteiger partial charge in [-0.25, -0.2) is 0 Å². The van der Waals surface area contributed by atoms with E-state index in [4.69, 9.17) is 32.1 Å². The molecule has 0 aliphatic rings. The fourth-order valence-corrected chi connectivity index (χ4v) is 0. The van der Waals surface area contributed by atoms with Gasteiger partial charge in [0.05, 0.1) is 0 Å². The maximum atomic E-state index is 8.82.